The van der Waals surface area contributed by atoms with Crippen LogP contribution in [0.3, 0.4) is 0 Å². The zero-order chi connectivity index (χ0) is 21.3. The van der Waals surface area contributed by atoms with Gasteiger partial charge in [0.2, 0.25) is 0 Å². The summed E-state index contributed by atoms with van der Waals surface area (Å²) in [6.07, 6.45) is 2.10. The van der Waals surface area contributed by atoms with Crippen molar-refractivity contribution in [1.29, 1.82) is 0 Å². The largest absolute Gasteiger partial charge is 0.382 e. The first kappa shape index (κ1) is 25.6. The molecule has 1 N–H and O–H groups in total. The quantitative estimate of drug-likeness (QED) is 0.239. The maximum Gasteiger partial charge on any atom is 0.194 e. The average Bonchev–Trinajstić information content (AvgIpc) is 3.08. The lowest BCUT2D eigenvalue weighted by atomic mass is 9.82. The molecule has 1 aliphatic heterocycles. The summed E-state index contributed by atoms with van der Waals surface area (Å²) in [5, 5.41) is 12.0. The van der Waals surface area contributed by atoms with E-state index in [4.69, 9.17) is 9.73 Å². The van der Waals surface area contributed by atoms with Crippen LogP contribution in [0.5, 0.6) is 0 Å². The highest BCUT2D eigenvalue weighted by Gasteiger charge is 2.28. The molecule has 0 bridgehead atoms. The highest BCUT2D eigenvalue weighted by molar-refractivity contribution is 14.0. The summed E-state index contributed by atoms with van der Waals surface area (Å²) < 4.78 is 7.47. The van der Waals surface area contributed by atoms with Gasteiger partial charge < -0.3 is 19.5 Å². The van der Waals surface area contributed by atoms with Gasteiger partial charge in [-0.1, -0.05) is 37.3 Å². The van der Waals surface area contributed by atoms with E-state index in [1.54, 1.807) is 0 Å². The Bertz CT molecular complexity index is 810. The molecule has 0 spiro atoms. The van der Waals surface area contributed by atoms with Gasteiger partial charge in [-0.2, -0.15) is 0 Å². The molecule has 0 amide bonds. The van der Waals surface area contributed by atoms with Crippen LogP contribution in [-0.2, 0) is 18.3 Å². The molecule has 1 aromatic heterocycles. The normalized spacial score (nSPS) is 19.2. The van der Waals surface area contributed by atoms with Gasteiger partial charge in [-0.25, -0.2) is 4.99 Å². The van der Waals surface area contributed by atoms with Gasteiger partial charge >= 0.3 is 0 Å². The van der Waals surface area contributed by atoms with E-state index in [0.29, 0.717) is 18.4 Å². The molecule has 1 aromatic carbocycles. The minimum atomic E-state index is 0. The van der Waals surface area contributed by atoms with Crippen LogP contribution >= 0.6 is 24.0 Å². The molecule has 0 saturated carbocycles. The summed E-state index contributed by atoms with van der Waals surface area (Å²) in [5.41, 5.74) is 1.45. The third-order valence-electron chi connectivity index (χ3n) is 5.94. The molecule has 7 nitrogen and oxygen atoms in total. The minimum Gasteiger partial charge on any atom is -0.382 e. The second-order valence-electron chi connectivity index (χ2n) is 8.07. The number of rotatable bonds is 8. The topological polar surface area (TPSA) is 67.6 Å². The van der Waals surface area contributed by atoms with Crippen LogP contribution in [0, 0.1) is 12.8 Å². The van der Waals surface area contributed by atoms with E-state index in [1.807, 2.05) is 25.5 Å². The number of likely N-dealkylation sites (tertiary alicyclic amines) is 1. The number of nitrogens with zero attached hydrogens (tertiary/aromatic N) is 5. The maximum absolute atomic E-state index is 5.47. The molecule has 0 aliphatic carbocycles. The van der Waals surface area contributed by atoms with Crippen molar-refractivity contribution in [3.8, 4) is 0 Å². The Hall–Kier alpha value is -1.68. The molecule has 172 valence electrons. The molecule has 2 atom stereocenters. The van der Waals surface area contributed by atoms with E-state index in [1.165, 1.54) is 5.56 Å². The van der Waals surface area contributed by atoms with Crippen LogP contribution in [0.15, 0.2) is 35.3 Å². The van der Waals surface area contributed by atoms with E-state index in [9.17, 15) is 0 Å². The highest BCUT2D eigenvalue weighted by Crippen LogP contribution is 2.32. The van der Waals surface area contributed by atoms with Crippen LogP contribution in [0.1, 0.15) is 49.8 Å². The standard InChI is InChI=1S/C23H36N6O.HI/c1-5-30-15-9-13-24-23(25-16-22-27-26-19(3)28(22)4)29-14-12-21(18(2)17-29)20-10-7-6-8-11-20;/h6-8,10-11,18,21H,5,9,12-17H2,1-4H3,(H,24,25);1H. The molecule has 1 saturated heterocycles. The number of ether oxygens (including phenoxy) is 1. The number of hydrogen-bond donors (Lipinski definition) is 1. The summed E-state index contributed by atoms with van der Waals surface area (Å²) in [6, 6.07) is 10.9. The molecular weight excluding hydrogens is 503 g/mol. The minimum absolute atomic E-state index is 0. The number of piperidine rings is 1. The fraction of sp³-hybridized carbons (Fsp3) is 0.609. The predicted molar refractivity (Wildman–Crippen MR) is 136 cm³/mol. The number of aromatic nitrogens is 3. The van der Waals surface area contributed by atoms with Gasteiger partial charge in [-0.15, -0.1) is 34.2 Å². The van der Waals surface area contributed by atoms with Crippen molar-refractivity contribution in [3.63, 3.8) is 0 Å². The zero-order valence-corrected chi connectivity index (χ0v) is 21.6. The van der Waals surface area contributed by atoms with E-state index in [2.05, 4.69) is 57.7 Å². The molecule has 8 heteroatoms. The molecular formula is C23H37IN6O. The number of hydrogen-bond acceptors (Lipinski definition) is 4. The van der Waals surface area contributed by atoms with Gasteiger partial charge in [-0.3, -0.25) is 0 Å². The van der Waals surface area contributed by atoms with Crippen molar-refractivity contribution < 1.29 is 4.74 Å². The Morgan fingerprint density at radius 2 is 2.03 bits per heavy atom. The van der Waals surface area contributed by atoms with Gasteiger partial charge in [-0.05, 0) is 44.1 Å². The average molecular weight is 540 g/mol. The lowest BCUT2D eigenvalue weighted by Crippen LogP contribution is -2.48. The zero-order valence-electron chi connectivity index (χ0n) is 19.3. The summed E-state index contributed by atoms with van der Waals surface area (Å²) in [4.78, 5) is 7.31. The molecule has 1 fully saturated rings. The van der Waals surface area contributed by atoms with Gasteiger partial charge in [0.1, 0.15) is 12.4 Å². The second-order valence-corrected chi connectivity index (χ2v) is 8.07. The molecule has 3 rings (SSSR count). The first-order chi connectivity index (χ1) is 14.6. The van der Waals surface area contributed by atoms with Gasteiger partial charge in [0.15, 0.2) is 11.8 Å². The third-order valence-corrected chi connectivity index (χ3v) is 5.94. The van der Waals surface area contributed by atoms with Crippen LogP contribution in [0.2, 0.25) is 0 Å². The van der Waals surface area contributed by atoms with Crippen molar-refractivity contribution in [3.05, 3.63) is 47.5 Å². The molecule has 1 aliphatic rings. The van der Waals surface area contributed by atoms with Crippen molar-refractivity contribution in [1.82, 2.24) is 25.0 Å². The number of aliphatic imine (C=N–C) groups is 1. The van der Waals surface area contributed by atoms with E-state index in [0.717, 1.165) is 63.3 Å². The maximum atomic E-state index is 5.47. The number of nitrogens with one attached hydrogen (secondary N) is 1. The van der Waals surface area contributed by atoms with Crippen molar-refractivity contribution in [2.24, 2.45) is 18.0 Å². The fourth-order valence-corrected chi connectivity index (χ4v) is 4.05. The van der Waals surface area contributed by atoms with Crippen LogP contribution in [-0.4, -0.2) is 58.5 Å². The van der Waals surface area contributed by atoms with Crippen molar-refractivity contribution >= 4 is 29.9 Å². The predicted octanol–water partition coefficient (Wildman–Crippen LogP) is 3.74. The summed E-state index contributed by atoms with van der Waals surface area (Å²) in [6.45, 7) is 11.2. The van der Waals surface area contributed by atoms with Crippen LogP contribution in [0.25, 0.3) is 0 Å². The smallest absolute Gasteiger partial charge is 0.194 e. The van der Waals surface area contributed by atoms with Gasteiger partial charge in [0.25, 0.3) is 0 Å². The fourth-order valence-electron chi connectivity index (χ4n) is 4.05. The molecule has 0 radical (unpaired) electrons. The lowest BCUT2D eigenvalue weighted by Gasteiger charge is -2.39. The highest BCUT2D eigenvalue weighted by atomic mass is 127. The summed E-state index contributed by atoms with van der Waals surface area (Å²) in [5.74, 6) is 3.92. The first-order valence-corrected chi connectivity index (χ1v) is 11.1. The molecule has 2 aromatic rings. The Kier molecular flexibility index (Phi) is 10.7. The Morgan fingerprint density at radius 3 is 2.68 bits per heavy atom. The molecule has 2 heterocycles. The molecule has 31 heavy (non-hydrogen) atoms. The van der Waals surface area contributed by atoms with E-state index >= 15 is 0 Å². The van der Waals surface area contributed by atoms with E-state index < -0.39 is 0 Å². The second kappa shape index (κ2) is 13.0. The summed E-state index contributed by atoms with van der Waals surface area (Å²) in [7, 11) is 1.99. The Morgan fingerprint density at radius 1 is 1.26 bits per heavy atom. The first-order valence-electron chi connectivity index (χ1n) is 11.1. The van der Waals surface area contributed by atoms with Crippen molar-refractivity contribution in [2.75, 3.05) is 32.8 Å². The van der Waals surface area contributed by atoms with Crippen molar-refractivity contribution in [2.45, 2.75) is 46.1 Å². The van der Waals surface area contributed by atoms with Gasteiger partial charge in [0, 0.05) is 39.9 Å². The Labute approximate surface area is 203 Å². The number of benzene rings is 1. The monoisotopic (exact) mass is 540 g/mol. The lowest BCUT2D eigenvalue weighted by molar-refractivity contribution is 0.145. The number of halogens is 1. The third kappa shape index (κ3) is 7.17. The van der Waals surface area contributed by atoms with Crippen LogP contribution in [0.4, 0.5) is 0 Å². The summed E-state index contributed by atoms with van der Waals surface area (Å²) >= 11 is 0. The number of aryl methyl sites for hydroxylation is 1. The Balaban J connectivity index is 0.00000341. The van der Waals surface area contributed by atoms with Gasteiger partial charge in [0.05, 0.1) is 0 Å². The number of guanidine groups is 1. The molecule has 2 unspecified atom stereocenters. The van der Waals surface area contributed by atoms with Crippen LogP contribution < -0.4 is 5.32 Å². The van der Waals surface area contributed by atoms with E-state index in [-0.39, 0.29) is 24.0 Å². The SMILES string of the molecule is CCOCCCNC(=NCc1nnc(C)n1C)N1CCC(c2ccccc2)C(C)C1.I.